The molecule has 1 heterocycles. The van der Waals surface area contributed by atoms with Crippen LogP contribution in [0.5, 0.6) is 0 Å². The summed E-state index contributed by atoms with van der Waals surface area (Å²) in [6, 6.07) is 9.52. The van der Waals surface area contributed by atoms with E-state index in [4.69, 9.17) is 5.11 Å². The van der Waals surface area contributed by atoms with Crippen LogP contribution in [0.3, 0.4) is 0 Å². The lowest BCUT2D eigenvalue weighted by Crippen LogP contribution is -2.14. The Bertz CT molecular complexity index is 744. The number of Topliss-reactive ketones (excluding diaryl/α,β-unsaturated/α-hetero) is 1. The van der Waals surface area contributed by atoms with Crippen molar-refractivity contribution >= 4 is 35.1 Å². The molecule has 2 aromatic rings. The molecule has 2 N–H and O–H groups in total. The fourth-order valence-corrected chi connectivity index (χ4v) is 2.57. The molecule has 0 radical (unpaired) electrons. The first-order valence-corrected chi connectivity index (χ1v) is 7.68. The number of aromatic nitrogens is 1. The number of carboxylic acid groups (broad SMARTS) is 1. The molecule has 0 aliphatic rings. The van der Waals surface area contributed by atoms with Crippen molar-refractivity contribution < 1.29 is 19.5 Å². The van der Waals surface area contributed by atoms with Crippen LogP contribution in [0, 0.1) is 0 Å². The van der Waals surface area contributed by atoms with Crippen LogP contribution in [-0.4, -0.2) is 33.5 Å². The summed E-state index contributed by atoms with van der Waals surface area (Å²) in [5.74, 6) is -1.38. The summed E-state index contributed by atoms with van der Waals surface area (Å²) in [6.45, 7) is 1.47. The van der Waals surface area contributed by atoms with Crippen LogP contribution >= 0.6 is 11.8 Å². The van der Waals surface area contributed by atoms with Crippen molar-refractivity contribution in [2.45, 2.75) is 11.9 Å². The number of carboxylic acids is 1. The van der Waals surface area contributed by atoms with Crippen molar-refractivity contribution in [2.75, 3.05) is 11.1 Å². The van der Waals surface area contributed by atoms with Gasteiger partial charge in [0.15, 0.2) is 5.78 Å². The second-order valence-corrected chi connectivity index (χ2v) is 5.60. The van der Waals surface area contributed by atoms with E-state index < -0.39 is 5.97 Å². The molecule has 0 atom stereocenters. The van der Waals surface area contributed by atoms with Crippen LogP contribution in [0.1, 0.15) is 27.6 Å². The van der Waals surface area contributed by atoms with Crippen LogP contribution in [0.4, 0.5) is 5.69 Å². The highest BCUT2D eigenvalue weighted by Crippen LogP contribution is 2.20. The minimum absolute atomic E-state index is 0.0335. The van der Waals surface area contributed by atoms with Gasteiger partial charge in [0.1, 0.15) is 5.03 Å². The number of hydrogen-bond acceptors (Lipinski definition) is 5. The van der Waals surface area contributed by atoms with Crippen LogP contribution in [-0.2, 0) is 4.79 Å². The van der Waals surface area contributed by atoms with Crippen molar-refractivity contribution in [2.24, 2.45) is 0 Å². The van der Waals surface area contributed by atoms with Crippen LogP contribution in [0.2, 0.25) is 0 Å². The van der Waals surface area contributed by atoms with Gasteiger partial charge in [-0.2, -0.15) is 0 Å². The maximum absolute atomic E-state index is 11.9. The number of rotatable bonds is 6. The minimum atomic E-state index is -1.08. The minimum Gasteiger partial charge on any atom is -0.478 e. The first kappa shape index (κ1) is 16.7. The monoisotopic (exact) mass is 330 g/mol. The van der Waals surface area contributed by atoms with Crippen LogP contribution in [0.15, 0.2) is 47.6 Å². The van der Waals surface area contributed by atoms with Gasteiger partial charge >= 0.3 is 5.97 Å². The summed E-state index contributed by atoms with van der Waals surface area (Å²) >= 11 is 1.05. The molecule has 0 saturated heterocycles. The smallest absolute Gasteiger partial charge is 0.338 e. The van der Waals surface area contributed by atoms with Crippen LogP contribution < -0.4 is 5.32 Å². The fraction of sp³-hybridized carbons (Fsp3) is 0.125. The van der Waals surface area contributed by atoms with E-state index in [1.807, 2.05) is 0 Å². The molecule has 1 aromatic heterocycles. The standard InChI is InChI=1S/C16H14N2O4S/c1-10(19)11-4-6-12(7-5-11)18-14(20)9-23-15-13(16(21)22)3-2-8-17-15/h2-8H,9H2,1H3,(H,18,20)(H,21,22). The van der Waals surface area contributed by atoms with Crippen molar-refractivity contribution in [1.29, 1.82) is 0 Å². The number of nitrogens with one attached hydrogen (secondary N) is 1. The highest BCUT2D eigenvalue weighted by Gasteiger charge is 2.13. The van der Waals surface area contributed by atoms with E-state index in [1.165, 1.54) is 25.3 Å². The summed E-state index contributed by atoms with van der Waals surface area (Å²) in [5, 5.41) is 12.0. The molecule has 1 amide bonds. The molecular weight excluding hydrogens is 316 g/mol. The topological polar surface area (TPSA) is 96.4 Å². The molecule has 0 aliphatic heterocycles. The molecule has 118 valence electrons. The van der Waals surface area contributed by atoms with Gasteiger partial charge in [-0.15, -0.1) is 0 Å². The Morgan fingerprint density at radius 1 is 1.17 bits per heavy atom. The number of carbonyl (C=O) groups excluding carboxylic acids is 2. The number of hydrogen-bond donors (Lipinski definition) is 2. The van der Waals surface area contributed by atoms with Gasteiger partial charge in [0.2, 0.25) is 5.91 Å². The van der Waals surface area contributed by atoms with Gasteiger partial charge in [-0.1, -0.05) is 11.8 Å². The third kappa shape index (κ3) is 4.65. The van der Waals surface area contributed by atoms with Gasteiger partial charge in [0, 0.05) is 17.4 Å². The summed E-state index contributed by atoms with van der Waals surface area (Å²) in [7, 11) is 0. The maximum Gasteiger partial charge on any atom is 0.338 e. The van der Waals surface area contributed by atoms with E-state index in [9.17, 15) is 14.4 Å². The molecule has 7 heteroatoms. The van der Waals surface area contributed by atoms with Gasteiger partial charge in [-0.25, -0.2) is 9.78 Å². The Labute approximate surface area is 136 Å². The van der Waals surface area contributed by atoms with Gasteiger partial charge in [0.05, 0.1) is 11.3 Å². The first-order valence-electron chi connectivity index (χ1n) is 6.69. The zero-order valence-electron chi connectivity index (χ0n) is 12.3. The summed E-state index contributed by atoms with van der Waals surface area (Å²) in [5.41, 5.74) is 1.20. The third-order valence-corrected chi connectivity index (χ3v) is 3.92. The zero-order chi connectivity index (χ0) is 16.8. The molecule has 23 heavy (non-hydrogen) atoms. The highest BCUT2D eigenvalue weighted by molar-refractivity contribution is 8.00. The van der Waals surface area contributed by atoms with E-state index in [1.54, 1.807) is 24.3 Å². The molecule has 0 fully saturated rings. The molecule has 0 aliphatic carbocycles. The lowest BCUT2D eigenvalue weighted by molar-refractivity contribution is -0.113. The molecule has 1 aromatic carbocycles. The first-order chi connectivity index (χ1) is 11.0. The number of pyridine rings is 1. The average molecular weight is 330 g/mol. The molecular formula is C16H14N2O4S. The zero-order valence-corrected chi connectivity index (χ0v) is 13.1. The number of benzene rings is 1. The number of carbonyl (C=O) groups is 3. The quantitative estimate of drug-likeness (QED) is 0.624. The largest absolute Gasteiger partial charge is 0.478 e. The maximum atomic E-state index is 11.9. The molecule has 2 rings (SSSR count). The number of thioether (sulfide) groups is 1. The van der Waals surface area contributed by atoms with Crippen molar-refractivity contribution in [3.8, 4) is 0 Å². The Morgan fingerprint density at radius 3 is 2.48 bits per heavy atom. The molecule has 0 spiro atoms. The van der Waals surface area contributed by atoms with Crippen molar-refractivity contribution in [1.82, 2.24) is 4.98 Å². The van der Waals surface area contributed by atoms with E-state index in [-0.39, 0.29) is 23.0 Å². The average Bonchev–Trinajstić information content (AvgIpc) is 2.53. The predicted octanol–water partition coefficient (Wildman–Crippen LogP) is 2.71. The Hall–Kier alpha value is -2.67. The normalized spacial score (nSPS) is 10.1. The lowest BCUT2D eigenvalue weighted by atomic mass is 10.1. The molecule has 0 bridgehead atoms. The van der Waals surface area contributed by atoms with Crippen molar-refractivity contribution in [3.05, 3.63) is 53.7 Å². The van der Waals surface area contributed by atoms with Gasteiger partial charge < -0.3 is 10.4 Å². The second-order valence-electron chi connectivity index (χ2n) is 4.63. The lowest BCUT2D eigenvalue weighted by Gasteiger charge is -2.06. The number of amides is 1. The number of aromatic carboxylic acids is 1. The van der Waals surface area contributed by atoms with Crippen LogP contribution in [0.25, 0.3) is 0 Å². The molecule has 0 unspecified atom stereocenters. The Kier molecular flexibility index (Phi) is 5.48. The summed E-state index contributed by atoms with van der Waals surface area (Å²) < 4.78 is 0. The van der Waals surface area contributed by atoms with E-state index in [0.29, 0.717) is 16.3 Å². The molecule has 0 saturated carbocycles. The number of ketones is 1. The summed E-state index contributed by atoms with van der Waals surface area (Å²) in [6.07, 6.45) is 1.48. The van der Waals surface area contributed by atoms with E-state index in [2.05, 4.69) is 10.3 Å². The van der Waals surface area contributed by atoms with Gasteiger partial charge in [-0.05, 0) is 43.3 Å². The fourth-order valence-electron chi connectivity index (χ4n) is 1.79. The third-order valence-electron chi connectivity index (χ3n) is 2.92. The highest BCUT2D eigenvalue weighted by atomic mass is 32.2. The van der Waals surface area contributed by atoms with Gasteiger partial charge in [0.25, 0.3) is 0 Å². The molecule has 6 nitrogen and oxygen atoms in total. The number of nitrogens with zero attached hydrogens (tertiary/aromatic N) is 1. The van der Waals surface area contributed by atoms with Crippen molar-refractivity contribution in [3.63, 3.8) is 0 Å². The Morgan fingerprint density at radius 2 is 1.87 bits per heavy atom. The number of anilines is 1. The van der Waals surface area contributed by atoms with Gasteiger partial charge in [-0.3, -0.25) is 9.59 Å². The van der Waals surface area contributed by atoms with E-state index in [0.717, 1.165) is 11.8 Å². The summed E-state index contributed by atoms with van der Waals surface area (Å²) in [4.78, 5) is 38.1. The SMILES string of the molecule is CC(=O)c1ccc(NC(=O)CSc2ncccc2C(=O)O)cc1. The second kappa shape index (κ2) is 7.55. The predicted molar refractivity (Wildman–Crippen MR) is 87.0 cm³/mol. The Balaban J connectivity index is 1.95. The van der Waals surface area contributed by atoms with E-state index >= 15 is 0 Å².